The fraction of sp³-hybridized carbons (Fsp3) is 0.842. The van der Waals surface area contributed by atoms with Gasteiger partial charge in [-0.25, -0.2) is 0 Å². The van der Waals surface area contributed by atoms with E-state index < -0.39 is 0 Å². The lowest BCUT2D eigenvalue weighted by molar-refractivity contribution is -0.142. The predicted octanol–water partition coefficient (Wildman–Crippen LogP) is -0.476. The molecule has 158 valence electrons. The topological polar surface area (TPSA) is 86.7 Å². The van der Waals surface area contributed by atoms with Gasteiger partial charge in [0.15, 0.2) is 5.96 Å². The summed E-state index contributed by atoms with van der Waals surface area (Å²) in [5.41, 5.74) is 0. The van der Waals surface area contributed by atoms with Gasteiger partial charge in [-0.3, -0.25) is 14.6 Å². The molecule has 3 fully saturated rings. The van der Waals surface area contributed by atoms with Gasteiger partial charge in [0.25, 0.3) is 5.91 Å². The van der Waals surface area contributed by atoms with Crippen LogP contribution in [0.2, 0.25) is 0 Å². The van der Waals surface area contributed by atoms with Gasteiger partial charge in [0.1, 0.15) is 6.10 Å². The first kappa shape index (κ1) is 20.9. The lowest BCUT2D eigenvalue weighted by Crippen LogP contribution is -2.55. The number of piperazine rings is 1. The second kappa shape index (κ2) is 10.6. The van der Waals surface area contributed by atoms with Gasteiger partial charge in [-0.1, -0.05) is 0 Å². The highest BCUT2D eigenvalue weighted by Gasteiger charge is 2.30. The summed E-state index contributed by atoms with van der Waals surface area (Å²) in [6.45, 7) is 9.36. The smallest absolute Gasteiger partial charge is 0.251 e. The van der Waals surface area contributed by atoms with E-state index in [-0.39, 0.29) is 17.9 Å². The van der Waals surface area contributed by atoms with Crippen molar-refractivity contribution in [3.8, 4) is 0 Å². The molecule has 9 heteroatoms. The van der Waals surface area contributed by atoms with Crippen LogP contribution in [-0.4, -0.2) is 111 Å². The number of rotatable bonds is 5. The van der Waals surface area contributed by atoms with Crippen molar-refractivity contribution in [2.24, 2.45) is 4.99 Å². The van der Waals surface area contributed by atoms with Crippen molar-refractivity contribution in [1.29, 1.82) is 0 Å². The van der Waals surface area contributed by atoms with Crippen LogP contribution < -0.4 is 5.32 Å². The first-order chi connectivity index (χ1) is 13.7. The number of guanidine groups is 1. The quantitative estimate of drug-likeness (QED) is 0.500. The summed E-state index contributed by atoms with van der Waals surface area (Å²) in [6.07, 6.45) is 1.96. The zero-order valence-electron chi connectivity index (χ0n) is 16.9. The number of morpholine rings is 1. The standard InChI is InChI=1S/C19H33N5O4/c1-2-20-19(21-6-5-17(25)22-11-14-27-15-12-22)24-9-7-23(8-10-24)18(26)16-4-3-13-28-16/h16H,2-15H2,1H3,(H,20,21). The number of carbonyl (C=O) groups excluding carboxylic acids is 2. The number of carbonyl (C=O) groups is 2. The molecule has 0 aromatic carbocycles. The van der Waals surface area contributed by atoms with E-state index in [0.717, 1.165) is 38.4 Å². The van der Waals surface area contributed by atoms with Gasteiger partial charge in [-0.15, -0.1) is 0 Å². The number of amides is 2. The van der Waals surface area contributed by atoms with E-state index in [0.29, 0.717) is 59.0 Å². The van der Waals surface area contributed by atoms with Crippen molar-refractivity contribution in [1.82, 2.24) is 20.0 Å². The second-order valence-electron chi connectivity index (χ2n) is 7.29. The Labute approximate surface area is 167 Å². The van der Waals surface area contributed by atoms with Crippen molar-refractivity contribution < 1.29 is 19.1 Å². The Morgan fingerprint density at radius 2 is 1.71 bits per heavy atom. The first-order valence-corrected chi connectivity index (χ1v) is 10.5. The summed E-state index contributed by atoms with van der Waals surface area (Å²) in [6, 6.07) is 0. The van der Waals surface area contributed by atoms with E-state index in [1.165, 1.54) is 0 Å². The molecule has 0 aromatic heterocycles. The molecule has 3 aliphatic rings. The Hall–Kier alpha value is -1.87. The molecule has 0 aliphatic carbocycles. The molecule has 0 radical (unpaired) electrons. The number of nitrogens with zero attached hydrogens (tertiary/aromatic N) is 4. The average molecular weight is 396 g/mol. The third-order valence-electron chi connectivity index (χ3n) is 5.38. The van der Waals surface area contributed by atoms with Gasteiger partial charge in [0, 0.05) is 58.8 Å². The van der Waals surface area contributed by atoms with Crippen molar-refractivity contribution in [3.63, 3.8) is 0 Å². The fourth-order valence-corrected chi connectivity index (χ4v) is 3.77. The number of hydrogen-bond acceptors (Lipinski definition) is 5. The molecule has 3 heterocycles. The monoisotopic (exact) mass is 395 g/mol. The van der Waals surface area contributed by atoms with Crippen LogP contribution in [0.15, 0.2) is 4.99 Å². The highest BCUT2D eigenvalue weighted by atomic mass is 16.5. The Bertz CT molecular complexity index is 551. The molecule has 2 amide bonds. The normalized spacial score (nSPS) is 23.8. The second-order valence-corrected chi connectivity index (χ2v) is 7.29. The molecule has 3 rings (SSSR count). The molecule has 0 saturated carbocycles. The van der Waals surface area contributed by atoms with Gasteiger partial charge >= 0.3 is 0 Å². The SMILES string of the molecule is CCNC(=NCCC(=O)N1CCOCC1)N1CCN(C(=O)C2CCCO2)CC1. The van der Waals surface area contributed by atoms with Gasteiger partial charge in [-0.05, 0) is 19.8 Å². The molecule has 0 bridgehead atoms. The van der Waals surface area contributed by atoms with Gasteiger partial charge in [0.05, 0.1) is 19.8 Å². The van der Waals surface area contributed by atoms with Crippen LogP contribution >= 0.6 is 0 Å². The van der Waals surface area contributed by atoms with E-state index >= 15 is 0 Å². The van der Waals surface area contributed by atoms with Crippen LogP contribution in [0.3, 0.4) is 0 Å². The van der Waals surface area contributed by atoms with Crippen LogP contribution in [-0.2, 0) is 19.1 Å². The minimum atomic E-state index is -0.250. The zero-order chi connectivity index (χ0) is 19.8. The van der Waals surface area contributed by atoms with E-state index in [4.69, 9.17) is 9.47 Å². The minimum absolute atomic E-state index is 0.121. The summed E-state index contributed by atoms with van der Waals surface area (Å²) in [4.78, 5) is 35.3. The summed E-state index contributed by atoms with van der Waals surface area (Å²) < 4.78 is 10.8. The van der Waals surface area contributed by atoms with E-state index in [1.807, 2.05) is 16.7 Å². The lowest BCUT2D eigenvalue weighted by Gasteiger charge is -2.37. The largest absolute Gasteiger partial charge is 0.378 e. The molecule has 1 N–H and O–H groups in total. The summed E-state index contributed by atoms with van der Waals surface area (Å²) in [5, 5.41) is 3.31. The summed E-state index contributed by atoms with van der Waals surface area (Å²) >= 11 is 0. The number of nitrogens with one attached hydrogen (secondary N) is 1. The average Bonchev–Trinajstić information content (AvgIpc) is 3.28. The maximum atomic E-state index is 12.5. The third-order valence-corrected chi connectivity index (χ3v) is 5.38. The molecule has 1 atom stereocenters. The van der Waals surface area contributed by atoms with Crippen LogP contribution in [0.1, 0.15) is 26.2 Å². The van der Waals surface area contributed by atoms with Crippen molar-refractivity contribution in [3.05, 3.63) is 0 Å². The van der Waals surface area contributed by atoms with Crippen molar-refractivity contribution in [2.45, 2.75) is 32.3 Å². The van der Waals surface area contributed by atoms with Gasteiger partial charge in [-0.2, -0.15) is 0 Å². The molecule has 3 saturated heterocycles. The molecule has 28 heavy (non-hydrogen) atoms. The van der Waals surface area contributed by atoms with Crippen LogP contribution in [0.5, 0.6) is 0 Å². The molecule has 3 aliphatic heterocycles. The Balaban J connectivity index is 1.46. The van der Waals surface area contributed by atoms with E-state index in [9.17, 15) is 9.59 Å². The van der Waals surface area contributed by atoms with Crippen molar-refractivity contribution >= 4 is 17.8 Å². The Kier molecular flexibility index (Phi) is 7.90. The highest BCUT2D eigenvalue weighted by Crippen LogP contribution is 2.16. The Morgan fingerprint density at radius 1 is 1.00 bits per heavy atom. The summed E-state index contributed by atoms with van der Waals surface area (Å²) in [7, 11) is 0. The maximum absolute atomic E-state index is 12.5. The van der Waals surface area contributed by atoms with Gasteiger partial charge in [0.2, 0.25) is 5.91 Å². The zero-order valence-corrected chi connectivity index (χ0v) is 16.9. The lowest BCUT2D eigenvalue weighted by atomic mass is 10.2. The number of ether oxygens (including phenoxy) is 2. The highest BCUT2D eigenvalue weighted by molar-refractivity contribution is 5.83. The third kappa shape index (κ3) is 5.57. The Morgan fingerprint density at radius 3 is 2.36 bits per heavy atom. The van der Waals surface area contributed by atoms with Crippen LogP contribution in [0, 0.1) is 0 Å². The first-order valence-electron chi connectivity index (χ1n) is 10.5. The van der Waals surface area contributed by atoms with E-state index in [2.05, 4.69) is 15.2 Å². The fourth-order valence-electron chi connectivity index (χ4n) is 3.77. The van der Waals surface area contributed by atoms with Crippen molar-refractivity contribution in [2.75, 3.05) is 72.2 Å². The van der Waals surface area contributed by atoms with Crippen LogP contribution in [0.4, 0.5) is 0 Å². The molecular formula is C19H33N5O4. The number of hydrogen-bond donors (Lipinski definition) is 1. The van der Waals surface area contributed by atoms with Gasteiger partial charge < -0.3 is 29.5 Å². The molecule has 0 aromatic rings. The van der Waals surface area contributed by atoms with E-state index in [1.54, 1.807) is 0 Å². The van der Waals surface area contributed by atoms with Crippen LogP contribution in [0.25, 0.3) is 0 Å². The number of aliphatic imine (C=N–C) groups is 1. The molecule has 0 spiro atoms. The molecular weight excluding hydrogens is 362 g/mol. The minimum Gasteiger partial charge on any atom is -0.378 e. The predicted molar refractivity (Wildman–Crippen MR) is 105 cm³/mol. The molecule has 9 nitrogen and oxygen atoms in total. The maximum Gasteiger partial charge on any atom is 0.251 e. The molecule has 1 unspecified atom stereocenters. The summed E-state index contributed by atoms with van der Waals surface area (Å²) in [5.74, 6) is 1.08.